The van der Waals surface area contributed by atoms with Gasteiger partial charge in [0.25, 0.3) is 0 Å². The summed E-state index contributed by atoms with van der Waals surface area (Å²) in [6, 6.07) is 86.1. The van der Waals surface area contributed by atoms with E-state index >= 15 is 0 Å². The predicted molar refractivity (Wildman–Crippen MR) is 254 cm³/mol. The number of nitrogens with zero attached hydrogens (tertiary/aromatic N) is 1. The van der Waals surface area contributed by atoms with E-state index in [4.69, 9.17) is 4.42 Å². The van der Waals surface area contributed by atoms with Gasteiger partial charge in [-0.15, -0.1) is 0 Å². The first-order chi connectivity index (χ1) is 30.3. The molecule has 0 saturated heterocycles. The van der Waals surface area contributed by atoms with Crippen molar-refractivity contribution in [3.63, 3.8) is 0 Å². The molecule has 0 unspecified atom stereocenters. The molecule has 0 amide bonds. The number of anilines is 3. The Kier molecular flexibility index (Phi) is 8.11. The molecule has 0 spiro atoms. The zero-order chi connectivity index (χ0) is 40.3. The Morgan fingerprint density at radius 3 is 1.64 bits per heavy atom. The highest BCUT2D eigenvalue weighted by Gasteiger charge is 2.46. The Bertz CT molecular complexity index is 3350. The van der Waals surface area contributed by atoms with E-state index in [1.165, 1.54) is 55.3 Å². The lowest BCUT2D eigenvalue weighted by molar-refractivity contribution is 0.669. The molecule has 61 heavy (non-hydrogen) atoms. The van der Waals surface area contributed by atoms with Crippen LogP contribution in [-0.2, 0) is 5.41 Å². The van der Waals surface area contributed by atoms with Crippen molar-refractivity contribution in [2.75, 3.05) is 4.90 Å². The van der Waals surface area contributed by atoms with Gasteiger partial charge in [0, 0.05) is 27.7 Å². The van der Waals surface area contributed by atoms with Gasteiger partial charge in [0.05, 0.1) is 11.1 Å². The lowest BCUT2D eigenvalue weighted by Gasteiger charge is -2.35. The molecule has 0 aliphatic heterocycles. The maximum absolute atomic E-state index is 6.74. The van der Waals surface area contributed by atoms with Gasteiger partial charge in [-0.05, 0) is 103 Å². The standard InChI is InChI=1S/C59H39NO/c1-5-17-40(18-6-1)41-29-32-46(33-30-41)60(55-38-52-57(39-51(55)42-19-7-2-8-20-42)61-56-36-31-43-21-13-14-26-48(43)58(52)56)47-34-35-50-49-27-15-16-28-53(49)59(54(50)37-47,44-22-9-3-10-23-44)45-24-11-4-12-25-45/h1-39H. The highest BCUT2D eigenvalue weighted by atomic mass is 16.3. The molecule has 1 aliphatic rings. The largest absolute Gasteiger partial charge is 0.456 e. The summed E-state index contributed by atoms with van der Waals surface area (Å²) in [5.74, 6) is 0. The smallest absolute Gasteiger partial charge is 0.136 e. The molecule has 0 radical (unpaired) electrons. The van der Waals surface area contributed by atoms with Gasteiger partial charge in [0.2, 0.25) is 0 Å². The highest BCUT2D eigenvalue weighted by molar-refractivity contribution is 6.20. The molecule has 0 fully saturated rings. The fraction of sp³-hybridized carbons (Fsp3) is 0.0169. The minimum Gasteiger partial charge on any atom is -0.456 e. The van der Waals surface area contributed by atoms with Crippen LogP contribution < -0.4 is 4.90 Å². The van der Waals surface area contributed by atoms with E-state index in [-0.39, 0.29) is 0 Å². The maximum Gasteiger partial charge on any atom is 0.136 e. The topological polar surface area (TPSA) is 16.4 Å². The van der Waals surface area contributed by atoms with Crippen LogP contribution in [0.15, 0.2) is 241 Å². The van der Waals surface area contributed by atoms with Gasteiger partial charge in [0.1, 0.15) is 11.2 Å². The molecule has 0 bridgehead atoms. The van der Waals surface area contributed by atoms with Crippen LogP contribution in [0.2, 0.25) is 0 Å². The van der Waals surface area contributed by atoms with E-state index < -0.39 is 5.41 Å². The van der Waals surface area contributed by atoms with Gasteiger partial charge >= 0.3 is 0 Å². The van der Waals surface area contributed by atoms with E-state index in [1.54, 1.807) is 0 Å². The summed E-state index contributed by atoms with van der Waals surface area (Å²) in [7, 11) is 0. The molecule has 2 nitrogen and oxygen atoms in total. The third-order valence-electron chi connectivity index (χ3n) is 12.7. The minimum absolute atomic E-state index is 0.542. The van der Waals surface area contributed by atoms with E-state index in [0.29, 0.717) is 0 Å². The molecule has 286 valence electrons. The van der Waals surface area contributed by atoms with Crippen molar-refractivity contribution in [3.05, 3.63) is 259 Å². The third-order valence-corrected chi connectivity index (χ3v) is 12.7. The van der Waals surface area contributed by atoms with Crippen LogP contribution in [-0.4, -0.2) is 0 Å². The van der Waals surface area contributed by atoms with Crippen LogP contribution in [0.1, 0.15) is 22.3 Å². The number of hydrogen-bond acceptors (Lipinski definition) is 2. The summed E-state index contributed by atoms with van der Waals surface area (Å²) in [6.07, 6.45) is 0. The molecule has 1 heterocycles. The number of fused-ring (bicyclic) bond motifs is 8. The first-order valence-corrected chi connectivity index (χ1v) is 21.0. The summed E-state index contributed by atoms with van der Waals surface area (Å²) in [5.41, 5.74) is 16.5. The lowest BCUT2D eigenvalue weighted by atomic mass is 9.67. The normalized spacial score (nSPS) is 12.7. The molecule has 2 heteroatoms. The van der Waals surface area contributed by atoms with Crippen LogP contribution >= 0.6 is 0 Å². The van der Waals surface area contributed by atoms with Gasteiger partial charge in [0.15, 0.2) is 0 Å². The number of hydrogen-bond donors (Lipinski definition) is 0. The highest BCUT2D eigenvalue weighted by Crippen LogP contribution is 2.57. The first-order valence-electron chi connectivity index (χ1n) is 21.0. The summed E-state index contributed by atoms with van der Waals surface area (Å²) in [4.78, 5) is 2.46. The molecule has 0 saturated carbocycles. The molecule has 10 aromatic carbocycles. The van der Waals surface area contributed by atoms with Crippen molar-refractivity contribution in [2.45, 2.75) is 5.41 Å². The third kappa shape index (κ3) is 5.50. The van der Waals surface area contributed by atoms with Crippen LogP contribution in [0.4, 0.5) is 17.1 Å². The second-order valence-electron chi connectivity index (χ2n) is 16.0. The van der Waals surface area contributed by atoms with E-state index in [1.807, 2.05) is 0 Å². The van der Waals surface area contributed by atoms with Crippen molar-refractivity contribution in [1.29, 1.82) is 0 Å². The summed E-state index contributed by atoms with van der Waals surface area (Å²) >= 11 is 0. The zero-order valence-corrected chi connectivity index (χ0v) is 33.4. The molecule has 0 atom stereocenters. The van der Waals surface area contributed by atoms with Gasteiger partial charge in [-0.1, -0.05) is 194 Å². The van der Waals surface area contributed by atoms with Gasteiger partial charge < -0.3 is 9.32 Å². The van der Waals surface area contributed by atoms with Crippen LogP contribution in [0.5, 0.6) is 0 Å². The van der Waals surface area contributed by atoms with Crippen LogP contribution in [0.25, 0.3) is 66.1 Å². The zero-order valence-electron chi connectivity index (χ0n) is 33.4. The van der Waals surface area contributed by atoms with Crippen molar-refractivity contribution < 1.29 is 4.42 Å². The Morgan fingerprint density at radius 1 is 0.344 bits per heavy atom. The quantitative estimate of drug-likeness (QED) is 0.160. The van der Waals surface area contributed by atoms with E-state index in [2.05, 4.69) is 241 Å². The van der Waals surface area contributed by atoms with Gasteiger partial charge in [-0.3, -0.25) is 0 Å². The SMILES string of the molecule is c1ccc(-c2ccc(N(c3ccc4c(c3)C(c3ccccc3)(c3ccccc3)c3ccccc3-4)c3cc4c(cc3-c3ccccc3)oc3ccc5ccccc5c34)cc2)cc1. The predicted octanol–water partition coefficient (Wildman–Crippen LogP) is 15.9. The summed E-state index contributed by atoms with van der Waals surface area (Å²) < 4.78 is 6.74. The van der Waals surface area contributed by atoms with Crippen LogP contribution in [0, 0.1) is 0 Å². The average molecular weight is 778 g/mol. The van der Waals surface area contributed by atoms with E-state index in [0.717, 1.165) is 50.1 Å². The monoisotopic (exact) mass is 777 g/mol. The lowest BCUT2D eigenvalue weighted by Crippen LogP contribution is -2.28. The Labute approximate surface area is 355 Å². The number of rotatable bonds is 7. The molecule has 12 rings (SSSR count). The number of furan rings is 1. The van der Waals surface area contributed by atoms with Crippen molar-refractivity contribution in [1.82, 2.24) is 0 Å². The number of benzene rings is 10. The second-order valence-corrected chi connectivity index (χ2v) is 16.0. The molecule has 1 aromatic heterocycles. The van der Waals surface area contributed by atoms with Crippen molar-refractivity contribution >= 4 is 49.8 Å². The molecule has 11 aromatic rings. The van der Waals surface area contributed by atoms with Crippen LogP contribution in [0.3, 0.4) is 0 Å². The maximum atomic E-state index is 6.74. The molecule has 0 N–H and O–H groups in total. The minimum atomic E-state index is -0.542. The van der Waals surface area contributed by atoms with Gasteiger partial charge in [-0.25, -0.2) is 0 Å². The van der Waals surface area contributed by atoms with Crippen molar-refractivity contribution in [3.8, 4) is 33.4 Å². The molecular formula is C59H39NO. The fourth-order valence-electron chi connectivity index (χ4n) is 10.0. The summed E-state index contributed by atoms with van der Waals surface area (Å²) in [6.45, 7) is 0. The first kappa shape index (κ1) is 35.0. The average Bonchev–Trinajstić information content (AvgIpc) is 3.86. The van der Waals surface area contributed by atoms with Gasteiger partial charge in [-0.2, -0.15) is 0 Å². The van der Waals surface area contributed by atoms with E-state index in [9.17, 15) is 0 Å². The molecule has 1 aliphatic carbocycles. The Morgan fingerprint density at radius 2 is 0.918 bits per heavy atom. The Hall–Kier alpha value is -7.94. The Balaban J connectivity index is 1.17. The molecular weight excluding hydrogens is 739 g/mol. The fourth-order valence-corrected chi connectivity index (χ4v) is 10.0. The van der Waals surface area contributed by atoms with Crippen molar-refractivity contribution in [2.24, 2.45) is 0 Å². The summed E-state index contributed by atoms with van der Waals surface area (Å²) in [5, 5.41) is 4.59. The second kappa shape index (κ2) is 14.1.